The number of alkyl halides is 2. The number of hydrogen-bond donors (Lipinski definition) is 1. The highest BCUT2D eigenvalue weighted by molar-refractivity contribution is 5.62. The van der Waals surface area contributed by atoms with Gasteiger partial charge in [-0.15, -0.1) is 0 Å². The molecule has 106 valence electrons. The number of anilines is 1. The van der Waals surface area contributed by atoms with Gasteiger partial charge in [0.05, 0.1) is 7.11 Å². The fourth-order valence-electron chi connectivity index (χ4n) is 1.73. The van der Waals surface area contributed by atoms with Gasteiger partial charge in [-0.25, -0.2) is 9.97 Å². The summed E-state index contributed by atoms with van der Waals surface area (Å²) in [5.74, 6) is 0.766. The van der Waals surface area contributed by atoms with E-state index in [1.54, 1.807) is 19.1 Å². The average molecular weight is 281 g/mol. The first-order chi connectivity index (χ1) is 9.49. The molecule has 0 amide bonds. The van der Waals surface area contributed by atoms with E-state index in [1.165, 1.54) is 19.2 Å². The number of hydrogen-bond acceptors (Lipinski definition) is 5. The third-order valence-electron chi connectivity index (χ3n) is 2.51. The molecule has 1 heterocycles. The first kappa shape index (κ1) is 14.0. The predicted octanol–water partition coefficient (Wildman–Crippen LogP) is 2.64. The van der Waals surface area contributed by atoms with Crippen molar-refractivity contribution in [3.8, 4) is 22.9 Å². The van der Waals surface area contributed by atoms with Gasteiger partial charge >= 0.3 is 6.61 Å². The SMILES string of the molecule is COc1ccc(-c2nc(C)cc(N)n2)cc1OC(F)F. The van der Waals surface area contributed by atoms with Gasteiger partial charge in [0.25, 0.3) is 0 Å². The molecule has 0 unspecified atom stereocenters. The monoisotopic (exact) mass is 281 g/mol. The number of rotatable bonds is 4. The first-order valence-corrected chi connectivity index (χ1v) is 5.74. The summed E-state index contributed by atoms with van der Waals surface area (Å²) < 4.78 is 34.1. The summed E-state index contributed by atoms with van der Waals surface area (Å²) >= 11 is 0. The van der Waals surface area contributed by atoms with E-state index in [2.05, 4.69) is 14.7 Å². The highest BCUT2D eigenvalue weighted by atomic mass is 19.3. The molecule has 1 aromatic heterocycles. The molecule has 0 saturated heterocycles. The lowest BCUT2D eigenvalue weighted by atomic mass is 10.2. The zero-order valence-corrected chi connectivity index (χ0v) is 10.9. The van der Waals surface area contributed by atoms with E-state index in [4.69, 9.17) is 10.5 Å². The van der Waals surface area contributed by atoms with Gasteiger partial charge in [0.1, 0.15) is 5.82 Å². The van der Waals surface area contributed by atoms with E-state index in [9.17, 15) is 8.78 Å². The molecule has 0 aliphatic carbocycles. The minimum absolute atomic E-state index is 0.0799. The Morgan fingerprint density at radius 3 is 2.50 bits per heavy atom. The van der Waals surface area contributed by atoms with Crippen LogP contribution in [0.5, 0.6) is 11.5 Å². The van der Waals surface area contributed by atoms with Crippen molar-refractivity contribution in [3.63, 3.8) is 0 Å². The van der Waals surface area contributed by atoms with Crippen molar-refractivity contribution in [3.05, 3.63) is 30.0 Å². The van der Waals surface area contributed by atoms with Gasteiger partial charge in [-0.2, -0.15) is 8.78 Å². The third kappa shape index (κ3) is 3.11. The van der Waals surface area contributed by atoms with Crippen LogP contribution in [0.4, 0.5) is 14.6 Å². The van der Waals surface area contributed by atoms with Crippen LogP contribution in [-0.4, -0.2) is 23.7 Å². The van der Waals surface area contributed by atoms with Crippen LogP contribution in [-0.2, 0) is 0 Å². The van der Waals surface area contributed by atoms with E-state index in [-0.39, 0.29) is 11.5 Å². The summed E-state index contributed by atoms with van der Waals surface area (Å²) in [7, 11) is 1.37. The number of aryl methyl sites for hydroxylation is 1. The Morgan fingerprint density at radius 1 is 1.15 bits per heavy atom. The Balaban J connectivity index is 2.46. The largest absolute Gasteiger partial charge is 0.493 e. The fraction of sp³-hybridized carbons (Fsp3) is 0.231. The number of halogens is 2. The molecule has 0 spiro atoms. The molecule has 0 saturated carbocycles. The zero-order chi connectivity index (χ0) is 14.7. The second-order valence-corrected chi connectivity index (χ2v) is 4.00. The lowest BCUT2D eigenvalue weighted by Gasteiger charge is -2.11. The second-order valence-electron chi connectivity index (χ2n) is 4.00. The maximum Gasteiger partial charge on any atom is 0.387 e. The van der Waals surface area contributed by atoms with Crippen LogP contribution in [0.15, 0.2) is 24.3 Å². The van der Waals surface area contributed by atoms with Crippen molar-refractivity contribution in [2.24, 2.45) is 0 Å². The number of methoxy groups -OCH3 is 1. The van der Waals surface area contributed by atoms with Crippen LogP contribution in [0, 0.1) is 6.92 Å². The molecule has 5 nitrogen and oxygen atoms in total. The molecular formula is C13H13F2N3O2. The van der Waals surface area contributed by atoms with Gasteiger partial charge in [0.2, 0.25) is 0 Å². The molecule has 7 heteroatoms. The van der Waals surface area contributed by atoms with E-state index >= 15 is 0 Å². The molecule has 20 heavy (non-hydrogen) atoms. The molecule has 2 N–H and O–H groups in total. The molecule has 2 rings (SSSR count). The van der Waals surface area contributed by atoms with Crippen LogP contribution in [0.3, 0.4) is 0 Å². The number of aromatic nitrogens is 2. The van der Waals surface area contributed by atoms with Crippen LogP contribution >= 0.6 is 0 Å². The van der Waals surface area contributed by atoms with E-state index in [0.717, 1.165) is 0 Å². The number of nitrogen functional groups attached to an aromatic ring is 1. The Labute approximate surface area is 114 Å². The molecule has 0 bridgehead atoms. The van der Waals surface area contributed by atoms with Crippen molar-refractivity contribution < 1.29 is 18.3 Å². The second kappa shape index (κ2) is 5.68. The van der Waals surface area contributed by atoms with Crippen molar-refractivity contribution in [2.45, 2.75) is 13.5 Å². The first-order valence-electron chi connectivity index (χ1n) is 5.74. The minimum atomic E-state index is -2.94. The Bertz CT molecular complexity index is 600. The predicted molar refractivity (Wildman–Crippen MR) is 69.8 cm³/mol. The van der Waals surface area contributed by atoms with Crippen molar-refractivity contribution >= 4 is 5.82 Å². The van der Waals surface area contributed by atoms with Gasteiger partial charge in [-0.3, -0.25) is 0 Å². The highest BCUT2D eigenvalue weighted by Crippen LogP contribution is 2.32. The third-order valence-corrected chi connectivity index (χ3v) is 2.51. The smallest absolute Gasteiger partial charge is 0.387 e. The molecule has 1 aromatic carbocycles. The lowest BCUT2D eigenvalue weighted by molar-refractivity contribution is -0.0511. The molecule has 0 fully saturated rings. The molecule has 0 aliphatic rings. The van der Waals surface area contributed by atoms with Crippen LogP contribution in [0.1, 0.15) is 5.69 Å². The summed E-state index contributed by atoms with van der Waals surface area (Å²) in [6.07, 6.45) is 0. The average Bonchev–Trinajstić information content (AvgIpc) is 2.36. The van der Waals surface area contributed by atoms with Gasteiger partial charge in [-0.1, -0.05) is 0 Å². The molecule has 0 radical (unpaired) electrons. The van der Waals surface area contributed by atoms with Crippen molar-refractivity contribution in [1.29, 1.82) is 0 Å². The Kier molecular flexibility index (Phi) is 3.97. The van der Waals surface area contributed by atoms with Crippen LogP contribution in [0.2, 0.25) is 0 Å². The number of ether oxygens (including phenoxy) is 2. The number of nitrogens with zero attached hydrogens (tertiary/aromatic N) is 2. The van der Waals surface area contributed by atoms with Gasteiger partial charge in [0, 0.05) is 17.3 Å². The number of nitrogens with two attached hydrogens (primary N) is 1. The summed E-state index contributed by atoms with van der Waals surface area (Å²) in [5.41, 5.74) is 6.84. The maximum atomic E-state index is 12.4. The lowest BCUT2D eigenvalue weighted by Crippen LogP contribution is -2.04. The maximum absolute atomic E-state index is 12.4. The highest BCUT2D eigenvalue weighted by Gasteiger charge is 2.13. The molecular weight excluding hydrogens is 268 g/mol. The summed E-state index contributed by atoms with van der Waals surface area (Å²) in [4.78, 5) is 8.27. The van der Waals surface area contributed by atoms with Crippen molar-refractivity contribution in [2.75, 3.05) is 12.8 Å². The van der Waals surface area contributed by atoms with Gasteiger partial charge in [0.15, 0.2) is 17.3 Å². The van der Waals surface area contributed by atoms with Gasteiger partial charge in [-0.05, 0) is 25.1 Å². The summed E-state index contributed by atoms with van der Waals surface area (Å²) in [5, 5.41) is 0. The number of benzene rings is 1. The Hall–Kier alpha value is -2.44. The normalized spacial score (nSPS) is 10.7. The fourth-order valence-corrected chi connectivity index (χ4v) is 1.73. The standard InChI is InChI=1S/C13H13F2N3O2/c1-7-5-11(16)18-12(17-7)8-3-4-9(19-2)10(6-8)20-13(14)15/h3-6,13H,1-2H3,(H2,16,17,18). The van der Waals surface area contributed by atoms with Gasteiger partial charge < -0.3 is 15.2 Å². The molecule has 2 aromatic rings. The quantitative estimate of drug-likeness (QED) is 0.932. The summed E-state index contributed by atoms with van der Waals surface area (Å²) in [6.45, 7) is -1.18. The Morgan fingerprint density at radius 2 is 1.90 bits per heavy atom. The van der Waals surface area contributed by atoms with E-state index < -0.39 is 6.61 Å². The van der Waals surface area contributed by atoms with Crippen LogP contribution in [0.25, 0.3) is 11.4 Å². The van der Waals surface area contributed by atoms with Crippen LogP contribution < -0.4 is 15.2 Å². The summed E-state index contributed by atoms with van der Waals surface area (Å²) in [6, 6.07) is 6.16. The topological polar surface area (TPSA) is 70.3 Å². The van der Waals surface area contributed by atoms with E-state index in [0.29, 0.717) is 22.9 Å². The molecule has 0 aliphatic heterocycles. The zero-order valence-electron chi connectivity index (χ0n) is 10.9. The van der Waals surface area contributed by atoms with Crippen molar-refractivity contribution in [1.82, 2.24) is 9.97 Å². The molecule has 0 atom stereocenters. The minimum Gasteiger partial charge on any atom is -0.493 e. The van der Waals surface area contributed by atoms with E-state index in [1.807, 2.05) is 0 Å².